The number of nitrogens with one attached hydrogen (secondary N) is 1. The second-order valence-corrected chi connectivity index (χ2v) is 3.08. The highest BCUT2D eigenvalue weighted by Crippen LogP contribution is 2.25. The molecule has 2 heterocycles. The van der Waals surface area contributed by atoms with Crippen molar-refractivity contribution in [2.24, 2.45) is 7.05 Å². The van der Waals surface area contributed by atoms with Gasteiger partial charge in [-0.25, -0.2) is 4.98 Å². The Hall–Kier alpha value is -1.36. The van der Waals surface area contributed by atoms with E-state index in [1.165, 1.54) is 6.33 Å². The molecule has 13 heavy (non-hydrogen) atoms. The Morgan fingerprint density at radius 1 is 1.54 bits per heavy atom. The first-order chi connectivity index (χ1) is 6.20. The van der Waals surface area contributed by atoms with Gasteiger partial charge in [-0.3, -0.25) is 9.78 Å². The first-order valence-corrected chi connectivity index (χ1v) is 4.12. The molecule has 0 radical (unpaired) electrons. The second-order valence-electron chi connectivity index (χ2n) is 2.71. The highest BCUT2D eigenvalue weighted by molar-refractivity contribution is 6.33. The first-order valence-electron chi connectivity index (χ1n) is 3.75. The molecule has 0 aliphatic rings. The van der Waals surface area contributed by atoms with Crippen molar-refractivity contribution in [1.29, 1.82) is 0 Å². The molecule has 2 aromatic heterocycles. The summed E-state index contributed by atoms with van der Waals surface area (Å²) in [6.07, 6.45) is 1.43. The topological polar surface area (TPSA) is 59.4 Å². The van der Waals surface area contributed by atoms with Crippen molar-refractivity contribution in [2.75, 3.05) is 0 Å². The van der Waals surface area contributed by atoms with Crippen molar-refractivity contribution in [3.05, 3.63) is 17.0 Å². The maximum atomic E-state index is 6.03. The van der Waals surface area contributed by atoms with Crippen LogP contribution in [0.25, 0.3) is 11.5 Å². The fourth-order valence-electron chi connectivity index (χ4n) is 1.05. The van der Waals surface area contributed by atoms with Crippen LogP contribution in [0.15, 0.2) is 6.33 Å². The second kappa shape index (κ2) is 2.85. The van der Waals surface area contributed by atoms with Gasteiger partial charge in [0.25, 0.3) is 0 Å². The molecule has 0 spiro atoms. The normalized spacial score (nSPS) is 10.7. The molecule has 0 atom stereocenters. The Labute approximate surface area is 79.7 Å². The fourth-order valence-corrected chi connectivity index (χ4v) is 1.30. The van der Waals surface area contributed by atoms with E-state index in [2.05, 4.69) is 20.3 Å². The van der Waals surface area contributed by atoms with Gasteiger partial charge in [0.1, 0.15) is 12.0 Å². The summed E-state index contributed by atoms with van der Waals surface area (Å²) in [4.78, 5) is 3.97. The van der Waals surface area contributed by atoms with Gasteiger partial charge in [0, 0.05) is 7.05 Å². The molecule has 0 amide bonds. The monoisotopic (exact) mass is 197 g/mol. The largest absolute Gasteiger partial charge is 0.271 e. The Kier molecular flexibility index (Phi) is 1.81. The van der Waals surface area contributed by atoms with Crippen LogP contribution in [-0.2, 0) is 7.05 Å². The summed E-state index contributed by atoms with van der Waals surface area (Å²) in [5.74, 6) is 0.591. The van der Waals surface area contributed by atoms with E-state index in [-0.39, 0.29) is 0 Å². The van der Waals surface area contributed by atoms with E-state index in [0.29, 0.717) is 16.5 Å². The smallest absolute Gasteiger partial charge is 0.177 e. The SMILES string of the molecule is Cc1c(Cl)c(-c2ncn[nH]2)nn1C. The number of H-pyrrole nitrogens is 1. The van der Waals surface area contributed by atoms with Gasteiger partial charge < -0.3 is 0 Å². The van der Waals surface area contributed by atoms with E-state index in [0.717, 1.165) is 5.69 Å². The van der Waals surface area contributed by atoms with Crippen molar-refractivity contribution in [2.45, 2.75) is 6.92 Å². The van der Waals surface area contributed by atoms with Crippen LogP contribution in [0.2, 0.25) is 5.02 Å². The lowest BCUT2D eigenvalue weighted by atomic mass is 10.3. The molecule has 0 bridgehead atoms. The number of hydrogen-bond donors (Lipinski definition) is 1. The number of nitrogens with zero attached hydrogens (tertiary/aromatic N) is 4. The van der Waals surface area contributed by atoms with Crippen LogP contribution in [0.1, 0.15) is 5.69 Å². The van der Waals surface area contributed by atoms with Crippen LogP contribution in [0, 0.1) is 6.92 Å². The van der Waals surface area contributed by atoms with Gasteiger partial charge in [0.2, 0.25) is 0 Å². The van der Waals surface area contributed by atoms with Gasteiger partial charge in [0.15, 0.2) is 5.82 Å². The third-order valence-electron chi connectivity index (χ3n) is 1.90. The van der Waals surface area contributed by atoms with Crippen molar-refractivity contribution in [3.63, 3.8) is 0 Å². The zero-order chi connectivity index (χ0) is 9.42. The van der Waals surface area contributed by atoms with Crippen molar-refractivity contribution in [3.8, 4) is 11.5 Å². The Morgan fingerprint density at radius 3 is 2.77 bits per heavy atom. The molecule has 1 N–H and O–H groups in total. The highest BCUT2D eigenvalue weighted by Gasteiger charge is 2.14. The van der Waals surface area contributed by atoms with E-state index in [4.69, 9.17) is 11.6 Å². The third kappa shape index (κ3) is 1.21. The van der Waals surface area contributed by atoms with Crippen molar-refractivity contribution < 1.29 is 0 Å². The molecule has 0 saturated carbocycles. The molecule has 0 aliphatic carbocycles. The lowest BCUT2D eigenvalue weighted by molar-refractivity contribution is 0.741. The summed E-state index contributed by atoms with van der Waals surface area (Å²) < 4.78 is 1.71. The molecule has 0 unspecified atom stereocenters. The zero-order valence-electron chi connectivity index (χ0n) is 7.24. The quantitative estimate of drug-likeness (QED) is 0.747. The third-order valence-corrected chi connectivity index (χ3v) is 2.35. The summed E-state index contributed by atoms with van der Waals surface area (Å²) in [6, 6.07) is 0. The lowest BCUT2D eigenvalue weighted by Crippen LogP contribution is -1.92. The van der Waals surface area contributed by atoms with Crippen LogP contribution in [-0.4, -0.2) is 25.0 Å². The van der Waals surface area contributed by atoms with Crippen molar-refractivity contribution in [1.82, 2.24) is 25.0 Å². The Morgan fingerprint density at radius 2 is 2.31 bits per heavy atom. The Bertz CT molecular complexity index is 416. The van der Waals surface area contributed by atoms with E-state index in [9.17, 15) is 0 Å². The molecule has 2 aromatic rings. The maximum Gasteiger partial charge on any atom is 0.177 e. The predicted octanol–water partition coefficient (Wildman–Crippen LogP) is 1.17. The number of aromatic amines is 1. The number of hydrogen-bond acceptors (Lipinski definition) is 3. The summed E-state index contributed by atoms with van der Waals surface area (Å²) in [7, 11) is 1.83. The van der Waals surface area contributed by atoms with E-state index < -0.39 is 0 Å². The van der Waals surface area contributed by atoms with Crippen LogP contribution in [0.4, 0.5) is 0 Å². The average molecular weight is 198 g/mol. The van der Waals surface area contributed by atoms with Gasteiger partial charge in [-0.05, 0) is 6.92 Å². The molecule has 5 nitrogen and oxygen atoms in total. The van der Waals surface area contributed by atoms with Crippen LogP contribution >= 0.6 is 11.6 Å². The first kappa shape index (κ1) is 8.25. The number of halogens is 1. The molecular formula is C7H8ClN5. The van der Waals surface area contributed by atoms with Gasteiger partial charge in [-0.15, -0.1) is 0 Å². The minimum atomic E-state index is 0.591. The minimum Gasteiger partial charge on any atom is -0.271 e. The number of aromatic nitrogens is 5. The molecule has 2 rings (SSSR count). The predicted molar refractivity (Wildman–Crippen MR) is 48.3 cm³/mol. The minimum absolute atomic E-state index is 0.591. The molecule has 6 heteroatoms. The number of aryl methyl sites for hydroxylation is 1. The van der Waals surface area contributed by atoms with Crippen LogP contribution < -0.4 is 0 Å². The molecule has 0 aromatic carbocycles. The molecule has 0 fully saturated rings. The standard InChI is InChI=1S/C7H8ClN5/c1-4-5(8)6(12-13(4)2)7-9-3-10-11-7/h3H,1-2H3,(H,9,10,11). The molecule has 68 valence electrons. The molecule has 0 saturated heterocycles. The van der Waals surface area contributed by atoms with Crippen molar-refractivity contribution >= 4 is 11.6 Å². The van der Waals surface area contributed by atoms with Gasteiger partial charge in [-0.1, -0.05) is 11.6 Å². The highest BCUT2D eigenvalue weighted by atomic mass is 35.5. The summed E-state index contributed by atoms with van der Waals surface area (Å²) in [5, 5.41) is 11.3. The summed E-state index contributed by atoms with van der Waals surface area (Å²) in [5.41, 5.74) is 1.55. The van der Waals surface area contributed by atoms with E-state index in [1.54, 1.807) is 4.68 Å². The van der Waals surface area contributed by atoms with Gasteiger partial charge >= 0.3 is 0 Å². The average Bonchev–Trinajstić information content (AvgIpc) is 2.70. The fraction of sp³-hybridized carbons (Fsp3) is 0.286. The maximum absolute atomic E-state index is 6.03. The summed E-state index contributed by atoms with van der Waals surface area (Å²) >= 11 is 6.03. The van der Waals surface area contributed by atoms with Gasteiger partial charge in [0.05, 0.1) is 10.7 Å². The van der Waals surface area contributed by atoms with Crippen LogP contribution in [0.3, 0.4) is 0 Å². The number of rotatable bonds is 1. The zero-order valence-corrected chi connectivity index (χ0v) is 8.00. The van der Waals surface area contributed by atoms with Crippen LogP contribution in [0.5, 0.6) is 0 Å². The molecular weight excluding hydrogens is 190 g/mol. The van der Waals surface area contributed by atoms with Gasteiger partial charge in [-0.2, -0.15) is 10.2 Å². The Balaban J connectivity index is 2.59. The molecule has 0 aliphatic heterocycles. The van der Waals surface area contributed by atoms with E-state index >= 15 is 0 Å². The lowest BCUT2D eigenvalue weighted by Gasteiger charge is -1.89. The van der Waals surface area contributed by atoms with E-state index in [1.807, 2.05) is 14.0 Å². The summed E-state index contributed by atoms with van der Waals surface area (Å²) in [6.45, 7) is 1.90.